The number of aliphatic hydroxyl groups excluding tert-OH is 1. The van der Waals surface area contributed by atoms with Crippen molar-refractivity contribution in [3.63, 3.8) is 0 Å². The predicted octanol–water partition coefficient (Wildman–Crippen LogP) is 19.0. The average Bonchev–Trinajstić information content (AvgIpc) is 3.51. The van der Waals surface area contributed by atoms with Gasteiger partial charge in [-0.1, -0.05) is 291 Å². The van der Waals surface area contributed by atoms with Crippen LogP contribution in [0.2, 0.25) is 0 Å². The minimum Gasteiger partial charge on any atom is -0.462 e. The van der Waals surface area contributed by atoms with Crippen LogP contribution in [0.4, 0.5) is 0 Å². The van der Waals surface area contributed by atoms with E-state index in [1.165, 1.54) is 141 Å². The third-order valence-corrected chi connectivity index (χ3v) is 17.4. The van der Waals surface area contributed by atoms with E-state index in [1.54, 1.807) is 0 Å². The lowest BCUT2D eigenvalue weighted by Gasteiger charge is -2.21. The van der Waals surface area contributed by atoms with Crippen molar-refractivity contribution in [1.82, 2.24) is 0 Å². The molecule has 19 heteroatoms. The number of ether oxygens (including phenoxy) is 4. The van der Waals surface area contributed by atoms with E-state index < -0.39 is 97.5 Å². The summed E-state index contributed by atoms with van der Waals surface area (Å²) in [5.41, 5.74) is 0. The summed E-state index contributed by atoms with van der Waals surface area (Å²) in [6, 6.07) is 0. The fourth-order valence-electron chi connectivity index (χ4n) is 10.1. The molecule has 0 aliphatic heterocycles. The molecule has 17 nitrogen and oxygen atoms in total. The van der Waals surface area contributed by atoms with Crippen LogP contribution in [0.25, 0.3) is 0 Å². The fourth-order valence-corrected chi connectivity index (χ4v) is 11.7. The molecule has 0 aromatic rings. The van der Waals surface area contributed by atoms with E-state index in [4.69, 9.17) is 37.0 Å². The van der Waals surface area contributed by atoms with Crippen LogP contribution < -0.4 is 0 Å². The van der Waals surface area contributed by atoms with Gasteiger partial charge in [-0.2, -0.15) is 0 Å². The van der Waals surface area contributed by atoms with Gasteiger partial charge in [0.05, 0.1) is 26.4 Å². The number of carbonyl (C=O) groups is 4. The van der Waals surface area contributed by atoms with Gasteiger partial charge in [0.15, 0.2) is 12.2 Å². The van der Waals surface area contributed by atoms with Gasteiger partial charge in [0.1, 0.15) is 19.3 Å². The van der Waals surface area contributed by atoms with Gasteiger partial charge in [0, 0.05) is 25.7 Å². The van der Waals surface area contributed by atoms with E-state index in [0.29, 0.717) is 25.7 Å². The smallest absolute Gasteiger partial charge is 0.462 e. The molecule has 0 radical (unpaired) electrons. The summed E-state index contributed by atoms with van der Waals surface area (Å²) in [6.45, 7) is 7.17. The van der Waals surface area contributed by atoms with Crippen molar-refractivity contribution in [3.8, 4) is 0 Å². The highest BCUT2D eigenvalue weighted by molar-refractivity contribution is 7.47. The molecule has 5 atom stereocenters. The molecule has 86 heavy (non-hydrogen) atoms. The SMILES string of the molecule is CCCCCCCCCCCCCCCC(=O)OC[C@H](COP(=O)(O)OC[C@@H](O)COP(=O)(O)OC[C@@H](COC(=O)CCCCCCCCC)OC(=O)CCCCCCCCC)OC(=O)CCCCCCCCCCCCCCCCCCC(C)C. The summed E-state index contributed by atoms with van der Waals surface area (Å²) in [5, 5.41) is 10.5. The monoisotopic (exact) mass is 1270 g/mol. The second kappa shape index (κ2) is 60.6. The van der Waals surface area contributed by atoms with Gasteiger partial charge in [-0.15, -0.1) is 0 Å². The Hall–Kier alpha value is -1.94. The highest BCUT2D eigenvalue weighted by Crippen LogP contribution is 2.45. The number of unbranched alkanes of at least 4 members (excludes halogenated alkanes) is 39. The fraction of sp³-hybridized carbons (Fsp3) is 0.940. The van der Waals surface area contributed by atoms with Crippen molar-refractivity contribution in [2.45, 2.75) is 361 Å². The van der Waals surface area contributed by atoms with Crippen molar-refractivity contribution >= 4 is 39.5 Å². The van der Waals surface area contributed by atoms with Crippen LogP contribution in [0, 0.1) is 5.92 Å². The molecule has 0 aromatic heterocycles. The maximum Gasteiger partial charge on any atom is 0.472 e. The number of rotatable bonds is 67. The molecule has 0 aliphatic carbocycles. The molecule has 0 aromatic carbocycles. The Balaban J connectivity index is 5.14. The summed E-state index contributed by atoms with van der Waals surface area (Å²) in [4.78, 5) is 72.1. The highest BCUT2D eigenvalue weighted by atomic mass is 31.2. The zero-order chi connectivity index (χ0) is 63.5. The number of aliphatic hydroxyl groups is 1. The first-order chi connectivity index (χ1) is 41.5. The van der Waals surface area contributed by atoms with Crippen LogP contribution >= 0.6 is 15.6 Å². The van der Waals surface area contributed by atoms with Crippen LogP contribution in [0.3, 0.4) is 0 Å². The Morgan fingerprint density at radius 1 is 0.314 bits per heavy atom. The Morgan fingerprint density at radius 2 is 0.535 bits per heavy atom. The summed E-state index contributed by atoms with van der Waals surface area (Å²) in [7, 11) is -9.88. The van der Waals surface area contributed by atoms with E-state index in [-0.39, 0.29) is 25.7 Å². The summed E-state index contributed by atoms with van der Waals surface area (Å²) < 4.78 is 67.9. The van der Waals surface area contributed by atoms with E-state index >= 15 is 0 Å². The van der Waals surface area contributed by atoms with Crippen LogP contribution in [0.15, 0.2) is 0 Å². The predicted molar refractivity (Wildman–Crippen MR) is 345 cm³/mol. The second-order valence-electron chi connectivity index (χ2n) is 24.7. The maximum absolute atomic E-state index is 13.0. The minimum absolute atomic E-state index is 0.104. The number of phosphoric ester groups is 2. The molecule has 0 amide bonds. The lowest BCUT2D eigenvalue weighted by molar-refractivity contribution is -0.161. The zero-order valence-electron chi connectivity index (χ0n) is 55.4. The van der Waals surface area contributed by atoms with Gasteiger partial charge >= 0.3 is 39.5 Å². The van der Waals surface area contributed by atoms with E-state index in [0.717, 1.165) is 121 Å². The molecule has 0 heterocycles. The first-order valence-electron chi connectivity index (χ1n) is 35.1. The van der Waals surface area contributed by atoms with Crippen molar-refractivity contribution in [1.29, 1.82) is 0 Å². The van der Waals surface area contributed by atoms with Crippen molar-refractivity contribution in [3.05, 3.63) is 0 Å². The number of esters is 4. The number of hydrogen-bond acceptors (Lipinski definition) is 15. The first-order valence-corrected chi connectivity index (χ1v) is 38.1. The molecule has 0 spiro atoms. The normalized spacial score (nSPS) is 14.2. The quantitative estimate of drug-likeness (QED) is 0.0222. The topological polar surface area (TPSA) is 237 Å². The Bertz CT molecular complexity index is 1670. The van der Waals surface area contributed by atoms with Gasteiger partial charge in [0.2, 0.25) is 0 Å². The Morgan fingerprint density at radius 3 is 0.791 bits per heavy atom. The zero-order valence-corrected chi connectivity index (χ0v) is 57.2. The summed E-state index contributed by atoms with van der Waals surface area (Å²) >= 11 is 0. The maximum atomic E-state index is 13.0. The minimum atomic E-state index is -4.95. The molecule has 0 aliphatic rings. The van der Waals surface area contributed by atoms with Crippen LogP contribution in [0.5, 0.6) is 0 Å². The summed E-state index contributed by atoms with van der Waals surface area (Å²) in [6.07, 6.45) is 46.1. The molecule has 3 N–H and O–H groups in total. The molecule has 0 saturated heterocycles. The van der Waals surface area contributed by atoms with E-state index in [2.05, 4.69) is 34.6 Å². The Kier molecular flexibility index (Phi) is 59.2. The molecular formula is C67H130O17P2. The highest BCUT2D eigenvalue weighted by Gasteiger charge is 2.30. The van der Waals surface area contributed by atoms with Crippen LogP contribution in [0.1, 0.15) is 343 Å². The molecule has 0 bridgehead atoms. The van der Waals surface area contributed by atoms with Gasteiger partial charge in [0.25, 0.3) is 0 Å². The van der Waals surface area contributed by atoms with Gasteiger partial charge < -0.3 is 33.8 Å². The average molecular weight is 1270 g/mol. The lowest BCUT2D eigenvalue weighted by atomic mass is 10.0. The molecular weight excluding hydrogens is 1140 g/mol. The molecule has 510 valence electrons. The van der Waals surface area contributed by atoms with Crippen LogP contribution in [-0.4, -0.2) is 96.7 Å². The lowest BCUT2D eigenvalue weighted by Crippen LogP contribution is -2.30. The molecule has 0 fully saturated rings. The van der Waals surface area contributed by atoms with E-state index in [1.807, 2.05) is 0 Å². The van der Waals surface area contributed by atoms with E-state index in [9.17, 15) is 43.2 Å². The number of carbonyl (C=O) groups excluding carboxylic acids is 4. The van der Waals surface area contributed by atoms with Gasteiger partial charge in [-0.05, 0) is 31.6 Å². The summed E-state index contributed by atoms with van der Waals surface area (Å²) in [5.74, 6) is -1.33. The van der Waals surface area contributed by atoms with Gasteiger partial charge in [-0.3, -0.25) is 37.3 Å². The number of phosphoric acid groups is 2. The third-order valence-electron chi connectivity index (χ3n) is 15.5. The molecule has 0 saturated carbocycles. The Labute approximate surface area is 524 Å². The molecule has 2 unspecified atom stereocenters. The van der Waals surface area contributed by atoms with Gasteiger partial charge in [-0.25, -0.2) is 9.13 Å². The van der Waals surface area contributed by atoms with Crippen LogP contribution in [-0.2, 0) is 65.4 Å². The third kappa shape index (κ3) is 60.9. The van der Waals surface area contributed by atoms with Crippen molar-refractivity contribution in [2.75, 3.05) is 39.6 Å². The number of hydrogen-bond donors (Lipinski definition) is 3. The van der Waals surface area contributed by atoms with Crippen molar-refractivity contribution < 1.29 is 80.2 Å². The first kappa shape index (κ1) is 84.1. The second-order valence-corrected chi connectivity index (χ2v) is 27.6. The standard InChI is InChI=1S/C67H130O17P2/c1-6-9-12-15-18-19-20-25-29-32-37-41-46-51-65(70)78-57-63(84-67(72)53-48-43-38-33-30-27-24-22-21-23-26-28-31-36-39-44-49-60(4)5)59-82-86(75,76)80-55-61(68)54-79-85(73,74)81-58-62(83-66(71)52-47-42-35-17-14-11-8-3)56-77-64(69)50-45-40-34-16-13-10-7-2/h60-63,68H,6-59H2,1-5H3,(H,73,74)(H,75,76)/t61-,62+,63+/m0/s1. The van der Waals surface area contributed by atoms with Crippen molar-refractivity contribution in [2.24, 2.45) is 5.92 Å². The molecule has 0 rings (SSSR count). The largest absolute Gasteiger partial charge is 0.472 e.